The third-order valence-electron chi connectivity index (χ3n) is 4.03. The van der Waals surface area contributed by atoms with Gasteiger partial charge in [-0.3, -0.25) is 14.2 Å². The van der Waals surface area contributed by atoms with Gasteiger partial charge in [-0.05, 0) is 36.3 Å². The van der Waals surface area contributed by atoms with Crippen LogP contribution in [0, 0.1) is 0 Å². The Balaban J connectivity index is 1.67. The van der Waals surface area contributed by atoms with Gasteiger partial charge in [-0.15, -0.1) is 22.7 Å². The van der Waals surface area contributed by atoms with Crippen molar-refractivity contribution in [2.45, 2.75) is 24.4 Å². The Hall–Kier alpha value is -1.44. The largest absolute Gasteiger partial charge is 0.292 e. The summed E-state index contributed by atoms with van der Waals surface area (Å²) in [5, 5.41) is 3.30. The summed E-state index contributed by atoms with van der Waals surface area (Å²) < 4.78 is 1.58. The molecule has 1 aliphatic carbocycles. The molecule has 23 heavy (non-hydrogen) atoms. The first-order valence-corrected chi connectivity index (χ1v) is 10.0. The lowest BCUT2D eigenvalue weighted by atomic mass is 10.2. The number of rotatable bonds is 4. The van der Waals surface area contributed by atoms with Gasteiger partial charge < -0.3 is 0 Å². The average molecular weight is 363 g/mol. The number of thioether (sulfide) groups is 1. The van der Waals surface area contributed by atoms with Crippen LogP contribution >= 0.6 is 34.4 Å². The third-order valence-corrected chi connectivity index (χ3v) is 7.16. The Labute approximate surface area is 145 Å². The van der Waals surface area contributed by atoms with E-state index in [0.29, 0.717) is 10.9 Å². The van der Waals surface area contributed by atoms with E-state index >= 15 is 0 Å². The van der Waals surface area contributed by atoms with Crippen LogP contribution in [0.3, 0.4) is 0 Å². The van der Waals surface area contributed by atoms with Gasteiger partial charge in [-0.2, -0.15) is 0 Å². The molecule has 4 nitrogen and oxygen atoms in total. The minimum atomic E-state index is 0.0143. The van der Waals surface area contributed by atoms with Crippen molar-refractivity contribution in [3.63, 3.8) is 0 Å². The van der Waals surface area contributed by atoms with Gasteiger partial charge >= 0.3 is 0 Å². The zero-order valence-corrected chi connectivity index (χ0v) is 14.9. The first kappa shape index (κ1) is 15.1. The summed E-state index contributed by atoms with van der Waals surface area (Å²) in [4.78, 5) is 32.3. The Morgan fingerprint density at radius 1 is 1.43 bits per heavy atom. The quantitative estimate of drug-likeness (QED) is 0.405. The SMILES string of the molecule is Cn1c(SCC(=O)c2cccs2)nc2sc3c(c2c1=O)CCC3. The van der Waals surface area contributed by atoms with Crippen LogP contribution in [0.25, 0.3) is 10.2 Å². The molecule has 4 rings (SSSR count). The topological polar surface area (TPSA) is 52.0 Å². The van der Waals surface area contributed by atoms with Crippen molar-refractivity contribution >= 4 is 50.4 Å². The Morgan fingerprint density at radius 3 is 3.09 bits per heavy atom. The number of carbonyl (C=O) groups is 1. The summed E-state index contributed by atoms with van der Waals surface area (Å²) in [5.41, 5.74) is 1.21. The fourth-order valence-electron chi connectivity index (χ4n) is 2.87. The first-order valence-electron chi connectivity index (χ1n) is 7.36. The van der Waals surface area contributed by atoms with Crippen molar-refractivity contribution < 1.29 is 4.79 Å². The number of hydrogen-bond acceptors (Lipinski definition) is 6. The molecule has 0 radical (unpaired) electrons. The van der Waals surface area contributed by atoms with E-state index in [9.17, 15) is 9.59 Å². The minimum Gasteiger partial charge on any atom is -0.292 e. The molecule has 3 aromatic rings. The number of aryl methyl sites for hydroxylation is 2. The number of thiophene rings is 2. The standard InChI is InChI=1S/C16H14N2O2S3/c1-18-15(20)13-9-4-2-5-11(9)23-14(13)17-16(18)22-8-10(19)12-6-3-7-21-12/h3,6-7H,2,4-5,8H2,1H3. The lowest BCUT2D eigenvalue weighted by Crippen LogP contribution is -2.20. The highest BCUT2D eigenvalue weighted by atomic mass is 32.2. The highest BCUT2D eigenvalue weighted by molar-refractivity contribution is 7.99. The molecule has 3 heterocycles. The minimum absolute atomic E-state index is 0.0143. The van der Waals surface area contributed by atoms with E-state index in [0.717, 1.165) is 34.4 Å². The monoisotopic (exact) mass is 362 g/mol. The maximum Gasteiger partial charge on any atom is 0.262 e. The molecule has 0 spiro atoms. The van der Waals surface area contributed by atoms with E-state index in [2.05, 4.69) is 4.98 Å². The van der Waals surface area contributed by atoms with Gasteiger partial charge in [-0.1, -0.05) is 17.8 Å². The Kier molecular flexibility index (Phi) is 3.87. The molecule has 0 aromatic carbocycles. The molecule has 118 valence electrons. The summed E-state index contributed by atoms with van der Waals surface area (Å²) in [6, 6.07) is 3.70. The fraction of sp³-hybridized carbons (Fsp3) is 0.312. The Bertz CT molecular complexity index is 954. The number of nitrogens with zero attached hydrogens (tertiary/aromatic N) is 2. The Morgan fingerprint density at radius 2 is 2.30 bits per heavy atom. The number of fused-ring (bicyclic) bond motifs is 3. The molecule has 0 bridgehead atoms. The predicted octanol–water partition coefficient (Wildman–Crippen LogP) is 3.52. The molecule has 7 heteroatoms. The van der Waals surface area contributed by atoms with E-state index in [1.807, 2.05) is 17.5 Å². The van der Waals surface area contributed by atoms with Crippen molar-refractivity contribution in [3.05, 3.63) is 43.2 Å². The van der Waals surface area contributed by atoms with Gasteiger partial charge in [0.1, 0.15) is 4.83 Å². The van der Waals surface area contributed by atoms with E-state index in [1.54, 1.807) is 23.0 Å². The second-order valence-corrected chi connectivity index (χ2v) is 8.46. The highest BCUT2D eigenvalue weighted by Gasteiger charge is 2.22. The van der Waals surface area contributed by atoms with Crippen molar-refractivity contribution in [2.24, 2.45) is 7.05 Å². The highest BCUT2D eigenvalue weighted by Crippen LogP contribution is 2.35. The molecule has 0 fully saturated rings. The number of aromatic nitrogens is 2. The van der Waals surface area contributed by atoms with Crippen LogP contribution in [-0.4, -0.2) is 21.1 Å². The summed E-state index contributed by atoms with van der Waals surface area (Å²) in [6.45, 7) is 0. The molecule has 3 aromatic heterocycles. The van der Waals surface area contributed by atoms with Crippen LogP contribution in [0.1, 0.15) is 26.5 Å². The van der Waals surface area contributed by atoms with Crippen LogP contribution in [0.5, 0.6) is 0 Å². The number of carbonyl (C=O) groups excluding carboxylic acids is 1. The van der Waals surface area contributed by atoms with Crippen LogP contribution < -0.4 is 5.56 Å². The van der Waals surface area contributed by atoms with Crippen molar-refractivity contribution in [1.82, 2.24) is 9.55 Å². The molecule has 0 atom stereocenters. The average Bonchev–Trinajstić information content (AvgIpc) is 3.24. The molecule has 0 N–H and O–H groups in total. The lowest BCUT2D eigenvalue weighted by molar-refractivity contribution is 0.102. The zero-order chi connectivity index (χ0) is 16.0. The second kappa shape index (κ2) is 5.89. The molecular weight excluding hydrogens is 348 g/mol. The predicted molar refractivity (Wildman–Crippen MR) is 96.3 cm³/mol. The maximum absolute atomic E-state index is 12.7. The van der Waals surface area contributed by atoms with Crippen LogP contribution in [0.2, 0.25) is 0 Å². The molecule has 0 unspecified atom stereocenters. The van der Waals surface area contributed by atoms with Gasteiger partial charge in [0.05, 0.1) is 16.0 Å². The van der Waals surface area contributed by atoms with Crippen molar-refractivity contribution in [3.8, 4) is 0 Å². The van der Waals surface area contributed by atoms with Crippen LogP contribution in [-0.2, 0) is 19.9 Å². The molecule has 0 aliphatic heterocycles. The van der Waals surface area contributed by atoms with E-state index in [4.69, 9.17) is 0 Å². The summed E-state index contributed by atoms with van der Waals surface area (Å²) in [5.74, 6) is 0.380. The zero-order valence-electron chi connectivity index (χ0n) is 12.5. The van der Waals surface area contributed by atoms with E-state index < -0.39 is 0 Å². The van der Waals surface area contributed by atoms with Gasteiger partial charge in [-0.25, -0.2) is 4.98 Å². The molecular formula is C16H14N2O2S3. The smallest absolute Gasteiger partial charge is 0.262 e. The summed E-state index contributed by atoms with van der Waals surface area (Å²) >= 11 is 4.42. The molecule has 0 amide bonds. The third kappa shape index (κ3) is 2.56. The molecule has 0 saturated heterocycles. The number of ketones is 1. The van der Waals surface area contributed by atoms with Gasteiger partial charge in [0.25, 0.3) is 5.56 Å². The fourth-order valence-corrected chi connectivity index (χ4v) is 5.79. The molecule has 1 aliphatic rings. The van der Waals surface area contributed by atoms with E-state index in [1.165, 1.54) is 33.5 Å². The first-order chi connectivity index (χ1) is 11.1. The maximum atomic E-state index is 12.7. The number of hydrogen-bond donors (Lipinski definition) is 0. The van der Waals surface area contributed by atoms with Crippen LogP contribution in [0.4, 0.5) is 0 Å². The van der Waals surface area contributed by atoms with Crippen molar-refractivity contribution in [2.75, 3.05) is 5.75 Å². The number of Topliss-reactive ketones (excluding diaryl/α,β-unsaturated/α-hetero) is 1. The van der Waals surface area contributed by atoms with Gasteiger partial charge in [0.15, 0.2) is 10.9 Å². The normalized spacial score (nSPS) is 13.6. The van der Waals surface area contributed by atoms with Crippen molar-refractivity contribution in [1.29, 1.82) is 0 Å². The summed E-state index contributed by atoms with van der Waals surface area (Å²) in [7, 11) is 1.74. The van der Waals surface area contributed by atoms with Gasteiger partial charge in [0.2, 0.25) is 0 Å². The lowest BCUT2D eigenvalue weighted by Gasteiger charge is -2.06. The van der Waals surface area contributed by atoms with Crippen LogP contribution in [0.15, 0.2) is 27.5 Å². The molecule has 0 saturated carbocycles. The van der Waals surface area contributed by atoms with Gasteiger partial charge in [0, 0.05) is 11.9 Å². The summed E-state index contributed by atoms with van der Waals surface area (Å²) in [6.07, 6.45) is 3.17. The second-order valence-electron chi connectivity index (χ2n) is 5.49. The van der Waals surface area contributed by atoms with E-state index in [-0.39, 0.29) is 11.3 Å².